The summed E-state index contributed by atoms with van der Waals surface area (Å²) >= 11 is 0. The maximum absolute atomic E-state index is 12.4. The van der Waals surface area contributed by atoms with Gasteiger partial charge < -0.3 is 11.1 Å². The van der Waals surface area contributed by atoms with E-state index in [4.69, 9.17) is 5.73 Å². The first kappa shape index (κ1) is 19.0. The van der Waals surface area contributed by atoms with Crippen LogP contribution in [0.2, 0.25) is 0 Å². The van der Waals surface area contributed by atoms with Crippen molar-refractivity contribution in [2.24, 2.45) is 5.73 Å². The van der Waals surface area contributed by atoms with Gasteiger partial charge in [-0.3, -0.25) is 9.89 Å². The van der Waals surface area contributed by atoms with E-state index < -0.39 is 0 Å². The number of aromatic amines is 1. The van der Waals surface area contributed by atoms with Gasteiger partial charge in [-0.05, 0) is 34.4 Å². The zero-order chi connectivity index (χ0) is 17.1. The topological polar surface area (TPSA) is 83.8 Å². The van der Waals surface area contributed by atoms with E-state index >= 15 is 0 Å². The van der Waals surface area contributed by atoms with Crippen molar-refractivity contribution in [3.63, 3.8) is 0 Å². The van der Waals surface area contributed by atoms with E-state index in [0.29, 0.717) is 18.2 Å². The Labute approximate surface area is 153 Å². The highest BCUT2D eigenvalue weighted by molar-refractivity contribution is 5.92. The zero-order valence-corrected chi connectivity index (χ0v) is 15.1. The lowest BCUT2D eigenvalue weighted by Gasteiger charge is -2.17. The molecule has 0 bridgehead atoms. The minimum atomic E-state index is -0.249. The van der Waals surface area contributed by atoms with Crippen molar-refractivity contribution in [2.75, 3.05) is 6.54 Å². The molecule has 2 aromatic carbocycles. The van der Waals surface area contributed by atoms with E-state index in [0.717, 1.165) is 22.0 Å². The van der Waals surface area contributed by atoms with E-state index in [1.165, 1.54) is 0 Å². The third-order valence-corrected chi connectivity index (χ3v) is 4.17. The number of H-pyrrole nitrogens is 1. The summed E-state index contributed by atoms with van der Waals surface area (Å²) in [4.78, 5) is 12.4. The first-order valence-electron chi connectivity index (χ1n) is 8.13. The summed E-state index contributed by atoms with van der Waals surface area (Å²) in [7, 11) is 0. The number of hydrogen-bond acceptors (Lipinski definition) is 3. The van der Waals surface area contributed by atoms with Crippen LogP contribution in [-0.2, 0) is 0 Å². The van der Waals surface area contributed by atoms with Gasteiger partial charge in [-0.1, -0.05) is 50.2 Å². The van der Waals surface area contributed by atoms with Gasteiger partial charge in [-0.15, -0.1) is 12.4 Å². The molecule has 0 aliphatic rings. The summed E-state index contributed by atoms with van der Waals surface area (Å²) in [5, 5.41) is 12.3. The second-order valence-corrected chi connectivity index (χ2v) is 6.23. The lowest BCUT2D eigenvalue weighted by Crippen LogP contribution is -2.33. The molecule has 132 valence electrons. The molecule has 6 heteroatoms. The van der Waals surface area contributed by atoms with Gasteiger partial charge in [0.2, 0.25) is 0 Å². The number of fused-ring (bicyclic) bond motifs is 1. The highest BCUT2D eigenvalue weighted by Gasteiger charge is 2.17. The molecule has 1 aromatic heterocycles. The molecular formula is C19H23ClN4O. The highest BCUT2D eigenvalue weighted by Crippen LogP contribution is 2.20. The van der Waals surface area contributed by atoms with Crippen LogP contribution in [0.5, 0.6) is 0 Å². The summed E-state index contributed by atoms with van der Waals surface area (Å²) in [5.74, 6) is 0.0756. The van der Waals surface area contributed by atoms with Gasteiger partial charge in [0, 0.05) is 12.2 Å². The smallest absolute Gasteiger partial charge is 0.272 e. The van der Waals surface area contributed by atoms with Gasteiger partial charge in [-0.25, -0.2) is 0 Å². The van der Waals surface area contributed by atoms with Crippen LogP contribution in [0.3, 0.4) is 0 Å². The standard InChI is InChI=1S/C19H22N4O.ClH/c1-12(2)16-10-17(23-22-16)19(24)21-18(11-20)15-8-7-13-5-3-4-6-14(13)9-15;/h3-10,12,18H,11,20H2,1-2H3,(H,21,24)(H,22,23);1H. The van der Waals surface area contributed by atoms with Crippen LogP contribution >= 0.6 is 12.4 Å². The van der Waals surface area contributed by atoms with Gasteiger partial charge in [0.1, 0.15) is 5.69 Å². The number of hydrogen-bond donors (Lipinski definition) is 3. The molecule has 1 amide bonds. The zero-order valence-electron chi connectivity index (χ0n) is 14.3. The Bertz CT molecular complexity index is 859. The number of amides is 1. The third kappa shape index (κ3) is 4.18. The minimum Gasteiger partial charge on any atom is -0.343 e. The number of nitrogens with zero attached hydrogens (tertiary/aromatic N) is 1. The van der Waals surface area contributed by atoms with Gasteiger partial charge in [0.05, 0.1) is 6.04 Å². The molecule has 1 heterocycles. The van der Waals surface area contributed by atoms with Gasteiger partial charge in [-0.2, -0.15) is 5.10 Å². The molecule has 5 nitrogen and oxygen atoms in total. The Hall–Kier alpha value is -2.37. The summed E-state index contributed by atoms with van der Waals surface area (Å²) in [6.45, 7) is 4.42. The number of nitrogens with two attached hydrogens (primary N) is 1. The predicted octanol–water partition coefficient (Wildman–Crippen LogP) is 3.54. The number of carbonyl (C=O) groups excluding carboxylic acids is 1. The number of rotatable bonds is 5. The lowest BCUT2D eigenvalue weighted by atomic mass is 10.0. The molecule has 0 aliphatic carbocycles. The van der Waals surface area contributed by atoms with E-state index in [1.807, 2.05) is 38.1 Å². The molecule has 25 heavy (non-hydrogen) atoms. The quantitative estimate of drug-likeness (QED) is 0.652. The molecule has 0 fully saturated rings. The van der Waals surface area contributed by atoms with Gasteiger partial charge >= 0.3 is 0 Å². The average molecular weight is 359 g/mol. The summed E-state index contributed by atoms with van der Waals surface area (Å²) < 4.78 is 0. The van der Waals surface area contributed by atoms with E-state index in [2.05, 4.69) is 33.7 Å². The van der Waals surface area contributed by atoms with Gasteiger partial charge in [0.25, 0.3) is 5.91 Å². The number of nitrogens with one attached hydrogen (secondary N) is 2. The Balaban J connectivity index is 0.00000225. The minimum absolute atomic E-state index is 0. The fourth-order valence-corrected chi connectivity index (χ4v) is 2.68. The fourth-order valence-electron chi connectivity index (χ4n) is 2.68. The van der Waals surface area contributed by atoms with E-state index in [-0.39, 0.29) is 24.4 Å². The molecule has 1 atom stereocenters. The molecule has 0 spiro atoms. The average Bonchev–Trinajstić information content (AvgIpc) is 3.09. The van der Waals surface area contributed by atoms with E-state index in [1.54, 1.807) is 6.07 Å². The monoisotopic (exact) mass is 358 g/mol. The number of aromatic nitrogens is 2. The predicted molar refractivity (Wildman–Crippen MR) is 103 cm³/mol. The molecule has 4 N–H and O–H groups in total. The second-order valence-electron chi connectivity index (χ2n) is 6.23. The summed E-state index contributed by atoms with van der Waals surface area (Å²) in [5.41, 5.74) is 8.20. The summed E-state index contributed by atoms with van der Waals surface area (Å²) in [6.07, 6.45) is 0. The Morgan fingerprint density at radius 3 is 2.52 bits per heavy atom. The number of carbonyl (C=O) groups is 1. The van der Waals surface area contributed by atoms with Crippen molar-refractivity contribution in [1.82, 2.24) is 15.5 Å². The maximum atomic E-state index is 12.4. The van der Waals surface area contributed by atoms with Crippen LogP contribution in [0.15, 0.2) is 48.5 Å². The maximum Gasteiger partial charge on any atom is 0.272 e. The van der Waals surface area contributed by atoms with Crippen molar-refractivity contribution >= 4 is 29.1 Å². The largest absolute Gasteiger partial charge is 0.343 e. The molecule has 1 unspecified atom stereocenters. The molecule has 0 saturated carbocycles. The Kier molecular flexibility index (Phi) is 6.17. The van der Waals surface area contributed by atoms with Crippen molar-refractivity contribution in [2.45, 2.75) is 25.8 Å². The molecule has 0 saturated heterocycles. The van der Waals surface area contributed by atoms with Crippen LogP contribution in [0.4, 0.5) is 0 Å². The SMILES string of the molecule is CC(C)c1cc(C(=O)NC(CN)c2ccc3ccccc3c2)n[nH]1.Cl. The van der Waals surface area contributed by atoms with Crippen molar-refractivity contribution in [3.8, 4) is 0 Å². The van der Waals surface area contributed by atoms with Crippen LogP contribution < -0.4 is 11.1 Å². The van der Waals surface area contributed by atoms with Crippen molar-refractivity contribution in [3.05, 3.63) is 65.5 Å². The van der Waals surface area contributed by atoms with Crippen LogP contribution in [0.25, 0.3) is 10.8 Å². The Morgan fingerprint density at radius 1 is 1.16 bits per heavy atom. The molecule has 0 aliphatic heterocycles. The Morgan fingerprint density at radius 2 is 1.88 bits per heavy atom. The third-order valence-electron chi connectivity index (χ3n) is 4.17. The number of benzene rings is 2. The van der Waals surface area contributed by atoms with E-state index in [9.17, 15) is 4.79 Å². The molecule has 3 aromatic rings. The molecule has 0 radical (unpaired) electrons. The fraction of sp³-hybridized carbons (Fsp3) is 0.263. The second kappa shape index (κ2) is 8.14. The molecular weight excluding hydrogens is 336 g/mol. The highest BCUT2D eigenvalue weighted by atomic mass is 35.5. The first-order chi connectivity index (χ1) is 11.6. The van der Waals surface area contributed by atoms with Crippen LogP contribution in [0, 0.1) is 0 Å². The first-order valence-corrected chi connectivity index (χ1v) is 8.13. The van der Waals surface area contributed by atoms with Gasteiger partial charge in [0.15, 0.2) is 0 Å². The normalized spacial score (nSPS) is 12.0. The molecule has 3 rings (SSSR count). The van der Waals surface area contributed by atoms with Crippen LogP contribution in [0.1, 0.15) is 47.6 Å². The van der Waals surface area contributed by atoms with Crippen molar-refractivity contribution < 1.29 is 4.79 Å². The van der Waals surface area contributed by atoms with Crippen LogP contribution in [-0.4, -0.2) is 22.6 Å². The van der Waals surface area contributed by atoms with Crippen molar-refractivity contribution in [1.29, 1.82) is 0 Å². The summed E-state index contributed by atoms with van der Waals surface area (Å²) in [6, 6.07) is 15.8. The number of halogens is 1. The lowest BCUT2D eigenvalue weighted by molar-refractivity contribution is 0.0933.